The summed E-state index contributed by atoms with van der Waals surface area (Å²) in [5.74, 6) is 0. The summed E-state index contributed by atoms with van der Waals surface area (Å²) in [5, 5.41) is 5.56. The van der Waals surface area contributed by atoms with Crippen LogP contribution in [-0.4, -0.2) is 33.1 Å². The first-order chi connectivity index (χ1) is 4.77. The number of halogens is 2. The minimum atomic E-state index is -2.23. The van der Waals surface area contributed by atoms with Crippen molar-refractivity contribution < 1.29 is 8.78 Å². The van der Waals surface area contributed by atoms with Gasteiger partial charge in [0, 0.05) is 0 Å². The number of hydrogen-bond acceptors (Lipinski definition) is 2. The second-order valence-corrected chi connectivity index (χ2v) is 2.05. The van der Waals surface area contributed by atoms with Crippen LogP contribution < -0.4 is 10.6 Å². The van der Waals surface area contributed by atoms with Crippen molar-refractivity contribution in [3.63, 3.8) is 0 Å². The first-order valence-electron chi connectivity index (χ1n) is 3.41. The molecule has 10 heavy (non-hydrogen) atoms. The molecule has 4 heteroatoms. The highest BCUT2D eigenvalue weighted by atomic mass is 19.3. The number of rotatable bonds is 6. The summed E-state index contributed by atoms with van der Waals surface area (Å²) in [7, 11) is 1.84. The van der Waals surface area contributed by atoms with Crippen LogP contribution in [0.15, 0.2) is 0 Å². The van der Waals surface area contributed by atoms with Gasteiger partial charge in [-0.15, -0.1) is 0 Å². The summed E-state index contributed by atoms with van der Waals surface area (Å²) in [4.78, 5) is 0. The van der Waals surface area contributed by atoms with Gasteiger partial charge in [0.05, 0.1) is 6.54 Å². The molecule has 0 aliphatic carbocycles. The van der Waals surface area contributed by atoms with Crippen molar-refractivity contribution >= 4 is 0 Å². The van der Waals surface area contributed by atoms with Gasteiger partial charge >= 0.3 is 0 Å². The summed E-state index contributed by atoms with van der Waals surface area (Å²) >= 11 is 0. The minimum Gasteiger partial charge on any atom is -0.320 e. The van der Waals surface area contributed by atoms with Gasteiger partial charge in [0.25, 0.3) is 6.43 Å². The van der Waals surface area contributed by atoms with Crippen LogP contribution in [-0.2, 0) is 0 Å². The average molecular weight is 152 g/mol. The van der Waals surface area contributed by atoms with Crippen molar-refractivity contribution in [3.8, 4) is 0 Å². The molecule has 2 nitrogen and oxygen atoms in total. The first kappa shape index (κ1) is 9.78. The zero-order valence-electron chi connectivity index (χ0n) is 6.16. The predicted molar refractivity (Wildman–Crippen MR) is 37.4 cm³/mol. The average Bonchev–Trinajstić information content (AvgIpc) is 1.87. The lowest BCUT2D eigenvalue weighted by atomic mass is 10.4. The minimum absolute atomic E-state index is 0.191. The molecule has 62 valence electrons. The van der Waals surface area contributed by atoms with Gasteiger partial charge in [-0.05, 0) is 26.6 Å². The van der Waals surface area contributed by atoms with Crippen LogP contribution in [0.1, 0.15) is 6.42 Å². The fraction of sp³-hybridized carbons (Fsp3) is 1.00. The zero-order valence-corrected chi connectivity index (χ0v) is 6.16. The summed E-state index contributed by atoms with van der Waals surface area (Å²) in [6.45, 7) is 1.34. The monoisotopic (exact) mass is 152 g/mol. The van der Waals surface area contributed by atoms with Crippen molar-refractivity contribution in [3.05, 3.63) is 0 Å². The van der Waals surface area contributed by atoms with E-state index in [1.165, 1.54) is 0 Å². The summed E-state index contributed by atoms with van der Waals surface area (Å²) < 4.78 is 22.9. The van der Waals surface area contributed by atoms with Gasteiger partial charge in [0.15, 0.2) is 0 Å². The van der Waals surface area contributed by atoms with Gasteiger partial charge < -0.3 is 10.6 Å². The van der Waals surface area contributed by atoms with E-state index in [4.69, 9.17) is 0 Å². The van der Waals surface area contributed by atoms with Crippen LogP contribution in [0.4, 0.5) is 8.78 Å². The van der Waals surface area contributed by atoms with Gasteiger partial charge in [-0.3, -0.25) is 0 Å². The molecule has 0 radical (unpaired) electrons. The molecule has 0 atom stereocenters. The van der Waals surface area contributed by atoms with Crippen LogP contribution in [0, 0.1) is 0 Å². The molecule has 0 heterocycles. The Hall–Kier alpha value is -0.220. The molecule has 0 aromatic heterocycles. The molecule has 0 aliphatic heterocycles. The molecule has 0 unspecified atom stereocenters. The molecule has 2 N–H and O–H groups in total. The van der Waals surface area contributed by atoms with Crippen molar-refractivity contribution in [2.24, 2.45) is 0 Å². The Morgan fingerprint density at radius 3 is 2.50 bits per heavy atom. The summed E-state index contributed by atoms with van der Waals surface area (Å²) in [6, 6.07) is 0. The van der Waals surface area contributed by atoms with E-state index >= 15 is 0 Å². The maximum atomic E-state index is 11.5. The van der Waals surface area contributed by atoms with E-state index in [0.717, 1.165) is 13.0 Å². The molecule has 0 aromatic carbocycles. The van der Waals surface area contributed by atoms with Crippen molar-refractivity contribution in [2.45, 2.75) is 12.8 Å². The molecule has 0 bridgehead atoms. The third-order valence-corrected chi connectivity index (χ3v) is 1.08. The lowest BCUT2D eigenvalue weighted by molar-refractivity contribution is 0.146. The van der Waals surface area contributed by atoms with E-state index in [9.17, 15) is 8.78 Å². The zero-order chi connectivity index (χ0) is 7.82. The topological polar surface area (TPSA) is 24.1 Å². The highest BCUT2D eigenvalue weighted by molar-refractivity contribution is 4.49. The molecule has 0 spiro atoms. The van der Waals surface area contributed by atoms with Crippen molar-refractivity contribution in [2.75, 3.05) is 26.7 Å². The Morgan fingerprint density at radius 2 is 2.00 bits per heavy atom. The number of alkyl halides is 2. The van der Waals surface area contributed by atoms with Crippen LogP contribution >= 0.6 is 0 Å². The number of hydrogen-bond donors (Lipinski definition) is 2. The van der Waals surface area contributed by atoms with Crippen molar-refractivity contribution in [1.82, 2.24) is 10.6 Å². The summed E-state index contributed by atoms with van der Waals surface area (Å²) in [5.41, 5.74) is 0. The molecule has 0 aromatic rings. The highest BCUT2D eigenvalue weighted by Gasteiger charge is 1.98. The van der Waals surface area contributed by atoms with Crippen LogP contribution in [0.25, 0.3) is 0 Å². The van der Waals surface area contributed by atoms with Crippen LogP contribution in [0.3, 0.4) is 0 Å². The molecule has 0 saturated carbocycles. The van der Waals surface area contributed by atoms with Gasteiger partial charge in [0.2, 0.25) is 0 Å². The second-order valence-electron chi connectivity index (χ2n) is 2.05. The molecule has 0 saturated heterocycles. The van der Waals surface area contributed by atoms with E-state index < -0.39 is 6.43 Å². The quantitative estimate of drug-likeness (QED) is 0.540. The van der Waals surface area contributed by atoms with Gasteiger partial charge in [-0.1, -0.05) is 0 Å². The van der Waals surface area contributed by atoms with Gasteiger partial charge in [0.1, 0.15) is 0 Å². The third kappa shape index (κ3) is 7.78. The Balaban J connectivity index is 2.77. The smallest absolute Gasteiger partial charge is 0.250 e. The van der Waals surface area contributed by atoms with Crippen LogP contribution in [0.2, 0.25) is 0 Å². The third-order valence-electron chi connectivity index (χ3n) is 1.08. The van der Waals surface area contributed by atoms with Crippen molar-refractivity contribution in [1.29, 1.82) is 0 Å². The fourth-order valence-electron chi connectivity index (χ4n) is 0.601. The fourth-order valence-corrected chi connectivity index (χ4v) is 0.601. The van der Waals surface area contributed by atoms with E-state index in [2.05, 4.69) is 10.6 Å². The van der Waals surface area contributed by atoms with E-state index in [1.807, 2.05) is 7.05 Å². The summed E-state index contributed by atoms with van der Waals surface area (Å²) in [6.07, 6.45) is -1.34. The van der Waals surface area contributed by atoms with E-state index in [0.29, 0.717) is 6.54 Å². The Kier molecular flexibility index (Phi) is 6.74. The van der Waals surface area contributed by atoms with E-state index in [-0.39, 0.29) is 6.54 Å². The molecule has 0 amide bonds. The normalized spacial score (nSPS) is 10.8. The van der Waals surface area contributed by atoms with Gasteiger partial charge in [-0.2, -0.15) is 0 Å². The maximum absolute atomic E-state index is 11.5. The Labute approximate surface area is 60.0 Å². The second kappa shape index (κ2) is 6.89. The van der Waals surface area contributed by atoms with Gasteiger partial charge in [-0.25, -0.2) is 8.78 Å². The molecular weight excluding hydrogens is 138 g/mol. The maximum Gasteiger partial charge on any atom is 0.250 e. The standard InChI is InChI=1S/C6H14F2N2/c1-9-3-2-4-10-5-6(7)8/h6,9-10H,2-5H2,1H3. The molecule has 0 fully saturated rings. The number of nitrogens with one attached hydrogen (secondary N) is 2. The Morgan fingerprint density at radius 1 is 1.30 bits per heavy atom. The molecule has 0 rings (SSSR count). The first-order valence-corrected chi connectivity index (χ1v) is 3.41. The Bertz CT molecular complexity index is 68.8. The highest BCUT2D eigenvalue weighted by Crippen LogP contribution is 1.87. The molecular formula is C6H14F2N2. The lowest BCUT2D eigenvalue weighted by Crippen LogP contribution is -2.24. The van der Waals surface area contributed by atoms with E-state index in [1.54, 1.807) is 0 Å². The van der Waals surface area contributed by atoms with Crippen LogP contribution in [0.5, 0.6) is 0 Å². The SMILES string of the molecule is CNCCCNCC(F)F. The predicted octanol–water partition coefficient (Wildman–Crippen LogP) is 0.451. The largest absolute Gasteiger partial charge is 0.320 e. The lowest BCUT2D eigenvalue weighted by Gasteiger charge is -2.02. The molecule has 0 aliphatic rings.